The maximum absolute atomic E-state index is 13.3. The number of aromatic nitrogens is 2. The molecule has 6 heteroatoms. The lowest BCUT2D eigenvalue weighted by atomic mass is 10.1. The molecule has 2 rings (SSSR count). The molecular weight excluding hydrogens is 315 g/mol. The van der Waals surface area contributed by atoms with E-state index in [9.17, 15) is 9.18 Å². The highest BCUT2D eigenvalue weighted by atomic mass is 79.9. The van der Waals surface area contributed by atoms with Crippen LogP contribution in [0, 0.1) is 11.7 Å². The number of rotatable bonds is 4. The fraction of sp³-hybridized carbons (Fsp3) is 0.308. The van der Waals surface area contributed by atoms with Crippen LogP contribution in [0.25, 0.3) is 11.4 Å². The SMILES string of the molecule is CC(C)C(=O)Cc1nc(-c2cc(F)cc(Br)c2)no1. The monoisotopic (exact) mass is 326 g/mol. The number of Topliss-reactive ketones (excluding diaryl/α,β-unsaturated/α-hetero) is 1. The fourth-order valence-corrected chi connectivity index (χ4v) is 1.95. The molecule has 0 N–H and O–H groups in total. The molecule has 0 aliphatic rings. The summed E-state index contributed by atoms with van der Waals surface area (Å²) in [7, 11) is 0. The summed E-state index contributed by atoms with van der Waals surface area (Å²) < 4.78 is 18.9. The van der Waals surface area contributed by atoms with Crippen molar-refractivity contribution in [2.75, 3.05) is 0 Å². The molecule has 0 radical (unpaired) electrons. The highest BCUT2D eigenvalue weighted by Gasteiger charge is 2.15. The smallest absolute Gasteiger partial charge is 0.234 e. The van der Waals surface area contributed by atoms with E-state index < -0.39 is 5.82 Å². The first kappa shape index (κ1) is 13.9. The lowest BCUT2D eigenvalue weighted by molar-refractivity contribution is -0.121. The van der Waals surface area contributed by atoms with E-state index in [0.717, 1.165) is 0 Å². The van der Waals surface area contributed by atoms with Gasteiger partial charge in [0.1, 0.15) is 11.6 Å². The van der Waals surface area contributed by atoms with E-state index in [2.05, 4.69) is 26.1 Å². The molecule has 19 heavy (non-hydrogen) atoms. The molecule has 1 aromatic carbocycles. The summed E-state index contributed by atoms with van der Waals surface area (Å²) in [6.45, 7) is 3.62. The van der Waals surface area contributed by atoms with E-state index in [0.29, 0.717) is 10.0 Å². The molecule has 0 bridgehead atoms. The first-order valence-electron chi connectivity index (χ1n) is 5.77. The number of ketones is 1. The van der Waals surface area contributed by atoms with Crippen LogP contribution in [0.1, 0.15) is 19.7 Å². The van der Waals surface area contributed by atoms with Crippen molar-refractivity contribution in [2.24, 2.45) is 5.92 Å². The fourth-order valence-electron chi connectivity index (χ4n) is 1.48. The van der Waals surface area contributed by atoms with E-state index in [4.69, 9.17) is 4.52 Å². The third-order valence-electron chi connectivity index (χ3n) is 2.56. The molecule has 0 amide bonds. The lowest BCUT2D eigenvalue weighted by Gasteiger charge is -1.98. The number of carbonyl (C=O) groups is 1. The van der Waals surface area contributed by atoms with Gasteiger partial charge in [0, 0.05) is 16.0 Å². The molecule has 100 valence electrons. The van der Waals surface area contributed by atoms with Crippen molar-refractivity contribution in [3.8, 4) is 11.4 Å². The minimum atomic E-state index is -0.394. The Kier molecular flexibility index (Phi) is 4.09. The Hall–Kier alpha value is -1.56. The molecule has 0 unspecified atom stereocenters. The summed E-state index contributed by atoms with van der Waals surface area (Å²) in [4.78, 5) is 15.7. The number of carbonyl (C=O) groups excluding carboxylic acids is 1. The normalized spacial score (nSPS) is 11.0. The van der Waals surface area contributed by atoms with Gasteiger partial charge in [0.05, 0.1) is 6.42 Å². The van der Waals surface area contributed by atoms with E-state index in [1.807, 2.05) is 13.8 Å². The highest BCUT2D eigenvalue weighted by Crippen LogP contribution is 2.22. The van der Waals surface area contributed by atoms with Crippen LogP contribution < -0.4 is 0 Å². The van der Waals surface area contributed by atoms with Crippen LogP contribution in [0.2, 0.25) is 0 Å². The van der Waals surface area contributed by atoms with Gasteiger partial charge in [0.25, 0.3) is 0 Å². The third kappa shape index (κ3) is 3.47. The second-order valence-corrected chi connectivity index (χ2v) is 5.38. The number of halogens is 2. The minimum Gasteiger partial charge on any atom is -0.339 e. The molecule has 0 fully saturated rings. The van der Waals surface area contributed by atoms with Crippen LogP contribution in [0.15, 0.2) is 27.2 Å². The van der Waals surface area contributed by atoms with Crippen LogP contribution in [-0.2, 0) is 11.2 Å². The first-order valence-corrected chi connectivity index (χ1v) is 6.57. The summed E-state index contributed by atoms with van der Waals surface area (Å²) in [6.07, 6.45) is 0.0984. The summed E-state index contributed by atoms with van der Waals surface area (Å²) >= 11 is 3.20. The van der Waals surface area contributed by atoms with Gasteiger partial charge < -0.3 is 4.52 Å². The quantitative estimate of drug-likeness (QED) is 0.864. The average molecular weight is 327 g/mol. The zero-order chi connectivity index (χ0) is 14.0. The second kappa shape index (κ2) is 5.61. The predicted molar refractivity (Wildman–Crippen MR) is 70.9 cm³/mol. The number of hydrogen-bond acceptors (Lipinski definition) is 4. The van der Waals surface area contributed by atoms with Gasteiger partial charge in [0.15, 0.2) is 0 Å². The average Bonchev–Trinajstić information content (AvgIpc) is 2.76. The molecule has 1 heterocycles. The zero-order valence-electron chi connectivity index (χ0n) is 10.5. The lowest BCUT2D eigenvalue weighted by Crippen LogP contribution is -2.10. The first-order chi connectivity index (χ1) is 8.95. The molecule has 0 saturated heterocycles. The van der Waals surface area contributed by atoms with E-state index in [1.165, 1.54) is 12.1 Å². The van der Waals surface area contributed by atoms with E-state index >= 15 is 0 Å². The second-order valence-electron chi connectivity index (χ2n) is 4.47. The Morgan fingerprint density at radius 1 is 1.42 bits per heavy atom. The highest BCUT2D eigenvalue weighted by molar-refractivity contribution is 9.10. The van der Waals surface area contributed by atoms with Crippen LogP contribution in [0.4, 0.5) is 4.39 Å². The maximum Gasteiger partial charge on any atom is 0.234 e. The van der Waals surface area contributed by atoms with Crippen molar-refractivity contribution >= 4 is 21.7 Å². The molecule has 0 aliphatic carbocycles. The molecule has 0 spiro atoms. The molecule has 0 atom stereocenters. The Labute approximate surface area is 118 Å². The van der Waals surface area contributed by atoms with Gasteiger partial charge in [0.2, 0.25) is 11.7 Å². The number of hydrogen-bond donors (Lipinski definition) is 0. The largest absolute Gasteiger partial charge is 0.339 e. The van der Waals surface area contributed by atoms with Crippen molar-refractivity contribution < 1.29 is 13.7 Å². The summed E-state index contributed by atoms with van der Waals surface area (Å²) in [6, 6.07) is 4.33. The topological polar surface area (TPSA) is 56.0 Å². The molecule has 0 saturated carbocycles. The predicted octanol–water partition coefficient (Wildman–Crippen LogP) is 3.41. The van der Waals surface area contributed by atoms with Gasteiger partial charge in [-0.2, -0.15) is 4.98 Å². The van der Waals surface area contributed by atoms with Gasteiger partial charge in [-0.1, -0.05) is 34.9 Å². The van der Waals surface area contributed by atoms with Crippen LogP contribution in [0.5, 0.6) is 0 Å². The standard InChI is InChI=1S/C13H12BrFN2O2/c1-7(2)11(18)6-12-16-13(17-19-12)8-3-9(14)5-10(15)4-8/h3-5,7H,6H2,1-2H3. The van der Waals surface area contributed by atoms with Crippen molar-refractivity contribution in [1.82, 2.24) is 10.1 Å². The Balaban J connectivity index is 2.23. The van der Waals surface area contributed by atoms with Crippen LogP contribution in [0.3, 0.4) is 0 Å². The molecule has 4 nitrogen and oxygen atoms in total. The van der Waals surface area contributed by atoms with Gasteiger partial charge in [-0.15, -0.1) is 0 Å². The Bertz CT molecular complexity index is 590. The Morgan fingerprint density at radius 3 is 2.79 bits per heavy atom. The molecular formula is C13H12BrFN2O2. The van der Waals surface area contributed by atoms with E-state index in [1.54, 1.807) is 6.07 Å². The van der Waals surface area contributed by atoms with Crippen molar-refractivity contribution in [1.29, 1.82) is 0 Å². The van der Waals surface area contributed by atoms with E-state index in [-0.39, 0.29) is 29.8 Å². The van der Waals surface area contributed by atoms with Gasteiger partial charge >= 0.3 is 0 Å². The van der Waals surface area contributed by atoms with Gasteiger partial charge in [-0.25, -0.2) is 4.39 Å². The number of nitrogens with zero attached hydrogens (tertiary/aromatic N) is 2. The van der Waals surface area contributed by atoms with Gasteiger partial charge in [-0.3, -0.25) is 4.79 Å². The summed E-state index contributed by atoms with van der Waals surface area (Å²) in [5, 5.41) is 3.76. The molecule has 2 aromatic rings. The third-order valence-corrected chi connectivity index (χ3v) is 3.02. The maximum atomic E-state index is 13.3. The number of benzene rings is 1. The van der Waals surface area contributed by atoms with Crippen LogP contribution in [-0.4, -0.2) is 15.9 Å². The zero-order valence-corrected chi connectivity index (χ0v) is 12.1. The minimum absolute atomic E-state index is 0.0237. The van der Waals surface area contributed by atoms with Crippen LogP contribution >= 0.6 is 15.9 Å². The van der Waals surface area contributed by atoms with Gasteiger partial charge in [-0.05, 0) is 18.2 Å². The summed E-state index contributed by atoms with van der Waals surface area (Å²) in [5.41, 5.74) is 0.499. The molecule has 1 aromatic heterocycles. The summed E-state index contributed by atoms with van der Waals surface area (Å²) in [5.74, 6) is 0.0594. The van der Waals surface area contributed by atoms with Crippen molar-refractivity contribution in [3.05, 3.63) is 34.4 Å². The molecule has 0 aliphatic heterocycles. The Morgan fingerprint density at radius 2 is 2.16 bits per heavy atom. The van der Waals surface area contributed by atoms with Crippen molar-refractivity contribution in [3.63, 3.8) is 0 Å². The van der Waals surface area contributed by atoms with Crippen molar-refractivity contribution in [2.45, 2.75) is 20.3 Å².